The predicted molar refractivity (Wildman–Crippen MR) is 131 cm³/mol. The minimum absolute atomic E-state index is 0.806. The Bertz CT molecular complexity index is 666. The molecule has 2 heterocycles. The SMILES string of the molecule is CN=C(NCCCCN1CCN(c2cccc(C)c2)CC1)N(C)CCC1CCOCC1. The van der Waals surface area contributed by atoms with Gasteiger partial charge in [0, 0.05) is 72.3 Å². The highest BCUT2D eigenvalue weighted by Gasteiger charge is 2.17. The van der Waals surface area contributed by atoms with E-state index in [-0.39, 0.29) is 0 Å². The molecule has 0 saturated carbocycles. The van der Waals surface area contributed by atoms with Crippen LogP contribution >= 0.6 is 0 Å². The summed E-state index contributed by atoms with van der Waals surface area (Å²) in [4.78, 5) is 11.9. The summed E-state index contributed by atoms with van der Waals surface area (Å²) in [6.45, 7) is 11.9. The minimum Gasteiger partial charge on any atom is -0.381 e. The Kier molecular flexibility index (Phi) is 9.94. The molecule has 2 fully saturated rings. The van der Waals surface area contributed by atoms with E-state index in [9.17, 15) is 0 Å². The summed E-state index contributed by atoms with van der Waals surface area (Å²) in [6.07, 6.45) is 6.07. The molecule has 6 nitrogen and oxygen atoms in total. The summed E-state index contributed by atoms with van der Waals surface area (Å²) in [7, 11) is 4.05. The number of nitrogens with one attached hydrogen (secondary N) is 1. The van der Waals surface area contributed by atoms with Crippen LogP contribution in [-0.4, -0.2) is 88.9 Å². The number of hydrogen-bond acceptors (Lipinski definition) is 4. The highest BCUT2D eigenvalue weighted by Crippen LogP contribution is 2.19. The number of ether oxygens (including phenoxy) is 1. The third-order valence-corrected chi connectivity index (χ3v) is 6.71. The number of benzene rings is 1. The fourth-order valence-electron chi connectivity index (χ4n) is 4.62. The van der Waals surface area contributed by atoms with E-state index < -0.39 is 0 Å². The predicted octanol–water partition coefficient (Wildman–Crippen LogP) is 3.22. The van der Waals surface area contributed by atoms with Crippen molar-refractivity contribution in [2.75, 3.05) is 78.0 Å². The first-order valence-corrected chi connectivity index (χ1v) is 12.2. The van der Waals surface area contributed by atoms with Gasteiger partial charge in [-0.25, -0.2) is 0 Å². The van der Waals surface area contributed by atoms with Gasteiger partial charge >= 0.3 is 0 Å². The summed E-state index contributed by atoms with van der Waals surface area (Å²) in [5, 5.41) is 3.55. The Balaban J connectivity index is 1.25. The molecule has 3 rings (SSSR count). The summed E-state index contributed by atoms with van der Waals surface area (Å²) >= 11 is 0. The molecule has 31 heavy (non-hydrogen) atoms. The maximum Gasteiger partial charge on any atom is 0.193 e. The molecule has 2 saturated heterocycles. The van der Waals surface area contributed by atoms with E-state index in [1.54, 1.807) is 0 Å². The molecule has 174 valence electrons. The van der Waals surface area contributed by atoms with E-state index in [2.05, 4.69) is 63.2 Å². The van der Waals surface area contributed by atoms with E-state index >= 15 is 0 Å². The molecule has 0 amide bonds. The van der Waals surface area contributed by atoms with Crippen LogP contribution in [0, 0.1) is 12.8 Å². The highest BCUT2D eigenvalue weighted by atomic mass is 16.5. The van der Waals surface area contributed by atoms with Crippen molar-refractivity contribution in [1.29, 1.82) is 0 Å². The van der Waals surface area contributed by atoms with Crippen molar-refractivity contribution in [3.8, 4) is 0 Å². The largest absolute Gasteiger partial charge is 0.381 e. The van der Waals surface area contributed by atoms with Crippen molar-refractivity contribution in [3.63, 3.8) is 0 Å². The van der Waals surface area contributed by atoms with Crippen LogP contribution in [0.4, 0.5) is 5.69 Å². The van der Waals surface area contributed by atoms with Gasteiger partial charge in [0.15, 0.2) is 5.96 Å². The molecular formula is C25H43N5O. The fraction of sp³-hybridized carbons (Fsp3) is 0.720. The molecule has 1 aromatic carbocycles. The zero-order valence-electron chi connectivity index (χ0n) is 20.0. The van der Waals surface area contributed by atoms with E-state index in [4.69, 9.17) is 4.74 Å². The van der Waals surface area contributed by atoms with Crippen LogP contribution in [0.1, 0.15) is 37.7 Å². The van der Waals surface area contributed by atoms with Crippen molar-refractivity contribution in [2.45, 2.75) is 39.0 Å². The average molecular weight is 430 g/mol. The maximum absolute atomic E-state index is 5.47. The van der Waals surface area contributed by atoms with E-state index in [1.165, 1.54) is 49.9 Å². The van der Waals surface area contributed by atoms with E-state index in [0.717, 1.165) is 64.4 Å². The van der Waals surface area contributed by atoms with Crippen LogP contribution in [0.5, 0.6) is 0 Å². The molecule has 0 aliphatic carbocycles. The van der Waals surface area contributed by atoms with Crippen LogP contribution in [0.3, 0.4) is 0 Å². The Morgan fingerprint density at radius 3 is 2.65 bits per heavy atom. The molecule has 2 aliphatic rings. The number of aryl methyl sites for hydroxylation is 1. The molecular weight excluding hydrogens is 386 g/mol. The summed E-state index contributed by atoms with van der Waals surface area (Å²) < 4.78 is 5.47. The summed E-state index contributed by atoms with van der Waals surface area (Å²) in [5.41, 5.74) is 2.72. The lowest BCUT2D eigenvalue weighted by atomic mass is 9.96. The van der Waals surface area contributed by atoms with Gasteiger partial charge in [-0.1, -0.05) is 12.1 Å². The molecule has 2 aliphatic heterocycles. The third kappa shape index (κ3) is 8.00. The Labute approximate surface area is 189 Å². The van der Waals surface area contributed by atoms with Crippen molar-refractivity contribution in [1.82, 2.24) is 15.1 Å². The van der Waals surface area contributed by atoms with Crippen LogP contribution in [-0.2, 0) is 4.74 Å². The summed E-state index contributed by atoms with van der Waals surface area (Å²) in [6, 6.07) is 8.88. The Morgan fingerprint density at radius 2 is 1.94 bits per heavy atom. The number of anilines is 1. The molecule has 0 radical (unpaired) electrons. The molecule has 0 unspecified atom stereocenters. The van der Waals surface area contributed by atoms with Gasteiger partial charge in [0.25, 0.3) is 0 Å². The number of guanidine groups is 1. The quantitative estimate of drug-likeness (QED) is 0.371. The molecule has 0 spiro atoms. The van der Waals surface area contributed by atoms with Gasteiger partial charge in [0.05, 0.1) is 0 Å². The van der Waals surface area contributed by atoms with Crippen molar-refractivity contribution >= 4 is 11.6 Å². The lowest BCUT2D eigenvalue weighted by molar-refractivity contribution is 0.0625. The lowest BCUT2D eigenvalue weighted by Gasteiger charge is -2.36. The number of nitrogens with zero attached hydrogens (tertiary/aromatic N) is 4. The second kappa shape index (κ2) is 12.9. The van der Waals surface area contributed by atoms with Crippen LogP contribution in [0.25, 0.3) is 0 Å². The molecule has 1 aromatic rings. The molecule has 0 atom stereocenters. The maximum atomic E-state index is 5.47. The van der Waals surface area contributed by atoms with Crippen LogP contribution in [0.2, 0.25) is 0 Å². The second-order valence-electron chi connectivity index (χ2n) is 9.11. The third-order valence-electron chi connectivity index (χ3n) is 6.71. The fourth-order valence-corrected chi connectivity index (χ4v) is 4.62. The zero-order valence-corrected chi connectivity index (χ0v) is 20.0. The Morgan fingerprint density at radius 1 is 1.16 bits per heavy atom. The first-order valence-electron chi connectivity index (χ1n) is 12.2. The van der Waals surface area contributed by atoms with Gasteiger partial charge in [0.1, 0.15) is 0 Å². The average Bonchev–Trinajstić information content (AvgIpc) is 2.81. The highest BCUT2D eigenvalue weighted by molar-refractivity contribution is 5.79. The van der Waals surface area contributed by atoms with Crippen molar-refractivity contribution in [2.24, 2.45) is 10.9 Å². The normalized spacial score (nSPS) is 18.9. The van der Waals surface area contributed by atoms with E-state index in [0.29, 0.717) is 0 Å². The topological polar surface area (TPSA) is 43.3 Å². The number of piperazine rings is 1. The van der Waals surface area contributed by atoms with Gasteiger partial charge in [-0.15, -0.1) is 0 Å². The summed E-state index contributed by atoms with van der Waals surface area (Å²) in [5.74, 6) is 1.83. The van der Waals surface area contributed by atoms with Crippen molar-refractivity contribution < 1.29 is 4.74 Å². The smallest absolute Gasteiger partial charge is 0.193 e. The zero-order chi connectivity index (χ0) is 21.9. The Hall–Kier alpha value is -1.79. The number of hydrogen-bond donors (Lipinski definition) is 1. The molecule has 1 N–H and O–H groups in total. The number of rotatable bonds is 9. The number of unbranched alkanes of at least 4 members (excludes halogenated alkanes) is 1. The standard InChI is InChI=1S/C25H43N5O/c1-22-7-6-8-24(21-22)30-17-15-29(16-18-30)13-5-4-12-27-25(26-2)28(3)14-9-23-10-19-31-20-11-23/h6-8,21,23H,4-5,9-20H2,1-3H3,(H,26,27). The van der Waals surface area contributed by atoms with E-state index in [1.807, 2.05) is 7.05 Å². The van der Waals surface area contributed by atoms with Gasteiger partial charge < -0.3 is 19.9 Å². The second-order valence-corrected chi connectivity index (χ2v) is 9.11. The van der Waals surface area contributed by atoms with Gasteiger partial charge in [-0.05, 0) is 69.2 Å². The van der Waals surface area contributed by atoms with Gasteiger partial charge in [-0.2, -0.15) is 0 Å². The number of aliphatic imine (C=N–C) groups is 1. The molecule has 0 aromatic heterocycles. The van der Waals surface area contributed by atoms with Crippen LogP contribution < -0.4 is 10.2 Å². The molecule has 6 heteroatoms. The first-order chi connectivity index (χ1) is 15.2. The molecule has 0 bridgehead atoms. The van der Waals surface area contributed by atoms with Gasteiger partial charge in [0.2, 0.25) is 0 Å². The van der Waals surface area contributed by atoms with Crippen LogP contribution in [0.15, 0.2) is 29.3 Å². The van der Waals surface area contributed by atoms with Gasteiger partial charge in [-0.3, -0.25) is 9.89 Å². The first kappa shape index (κ1) is 23.9. The van der Waals surface area contributed by atoms with Crippen molar-refractivity contribution in [3.05, 3.63) is 29.8 Å². The minimum atomic E-state index is 0.806. The lowest BCUT2D eigenvalue weighted by Crippen LogP contribution is -2.46. The monoisotopic (exact) mass is 429 g/mol.